The molecule has 9 nitrogen and oxygen atoms in total. The Hall–Kier alpha value is -2.26. The lowest BCUT2D eigenvalue weighted by Crippen LogP contribution is -2.38. The summed E-state index contributed by atoms with van der Waals surface area (Å²) in [4.78, 5) is 24.4. The van der Waals surface area contributed by atoms with Crippen molar-refractivity contribution < 1.29 is 9.53 Å². The van der Waals surface area contributed by atoms with E-state index in [2.05, 4.69) is 36.1 Å². The number of fused-ring (bicyclic) bond motifs is 1. The molecule has 2 aliphatic heterocycles. The predicted octanol–water partition coefficient (Wildman–Crippen LogP) is 2.12. The van der Waals surface area contributed by atoms with Gasteiger partial charge in [-0.1, -0.05) is 5.21 Å². The Labute approximate surface area is 188 Å². The lowest BCUT2D eigenvalue weighted by atomic mass is 9.77. The highest BCUT2D eigenvalue weighted by Crippen LogP contribution is 2.43. The van der Waals surface area contributed by atoms with Crippen LogP contribution < -0.4 is 0 Å². The molecule has 4 heterocycles. The van der Waals surface area contributed by atoms with E-state index in [1.54, 1.807) is 12.4 Å². The third-order valence-corrected chi connectivity index (χ3v) is 7.80. The molecule has 0 aromatic carbocycles. The van der Waals surface area contributed by atoms with Gasteiger partial charge < -0.3 is 14.6 Å². The number of likely N-dealkylation sites (tertiary alicyclic amines) is 2. The molecule has 2 saturated heterocycles. The van der Waals surface area contributed by atoms with Gasteiger partial charge in [0.2, 0.25) is 0 Å². The Morgan fingerprint density at radius 1 is 1.16 bits per heavy atom. The second-order valence-corrected chi connectivity index (χ2v) is 10.2. The van der Waals surface area contributed by atoms with Crippen LogP contribution in [0, 0.1) is 17.8 Å². The SMILES string of the molecule is O=C(c1ncc[nH]1)N1C[C@H]2C[C@@H](n3cc(CN4CCCC4)nn3)[C@H](OCC3CC3)C[C@H]2C1. The van der Waals surface area contributed by atoms with Gasteiger partial charge in [0.15, 0.2) is 5.82 Å². The van der Waals surface area contributed by atoms with Crippen LogP contribution in [0.3, 0.4) is 0 Å². The van der Waals surface area contributed by atoms with Crippen LogP contribution in [-0.4, -0.2) is 79.6 Å². The zero-order valence-electron chi connectivity index (χ0n) is 18.6. The predicted molar refractivity (Wildman–Crippen MR) is 117 cm³/mol. The van der Waals surface area contributed by atoms with Crippen LogP contribution in [0.2, 0.25) is 0 Å². The average molecular weight is 440 g/mol. The highest BCUT2D eigenvalue weighted by atomic mass is 16.5. The van der Waals surface area contributed by atoms with Gasteiger partial charge in [-0.15, -0.1) is 5.10 Å². The molecule has 0 radical (unpaired) electrons. The van der Waals surface area contributed by atoms with E-state index in [4.69, 9.17) is 4.74 Å². The van der Waals surface area contributed by atoms with E-state index >= 15 is 0 Å². The molecule has 0 unspecified atom stereocenters. The largest absolute Gasteiger partial charge is 0.376 e. The lowest BCUT2D eigenvalue weighted by Gasteiger charge is -2.37. The molecule has 0 spiro atoms. The first-order valence-corrected chi connectivity index (χ1v) is 12.3. The van der Waals surface area contributed by atoms with Crippen LogP contribution in [0.5, 0.6) is 0 Å². The molecule has 2 aromatic rings. The topological polar surface area (TPSA) is 92.2 Å². The monoisotopic (exact) mass is 439 g/mol. The summed E-state index contributed by atoms with van der Waals surface area (Å²) in [5, 5.41) is 9.05. The summed E-state index contributed by atoms with van der Waals surface area (Å²) < 4.78 is 8.54. The van der Waals surface area contributed by atoms with Crippen molar-refractivity contribution >= 4 is 5.91 Å². The molecule has 172 valence electrons. The van der Waals surface area contributed by atoms with Crippen LogP contribution in [0.4, 0.5) is 0 Å². The fourth-order valence-corrected chi connectivity index (χ4v) is 5.81. The number of ether oxygens (including phenoxy) is 1. The molecule has 32 heavy (non-hydrogen) atoms. The van der Waals surface area contributed by atoms with Gasteiger partial charge in [-0.2, -0.15) is 0 Å². The quantitative estimate of drug-likeness (QED) is 0.711. The maximum Gasteiger partial charge on any atom is 0.289 e. The minimum atomic E-state index is 0.00468. The van der Waals surface area contributed by atoms with Crippen LogP contribution in [0.25, 0.3) is 0 Å². The number of aromatic amines is 1. The van der Waals surface area contributed by atoms with Gasteiger partial charge in [0.05, 0.1) is 24.0 Å². The number of H-pyrrole nitrogens is 1. The van der Waals surface area contributed by atoms with Crippen molar-refractivity contribution in [3.05, 3.63) is 30.1 Å². The zero-order chi connectivity index (χ0) is 21.5. The van der Waals surface area contributed by atoms with E-state index in [-0.39, 0.29) is 18.1 Å². The van der Waals surface area contributed by atoms with E-state index in [1.807, 2.05) is 4.90 Å². The molecule has 2 aromatic heterocycles. The maximum atomic E-state index is 12.8. The van der Waals surface area contributed by atoms with E-state index in [9.17, 15) is 4.79 Å². The molecule has 2 aliphatic carbocycles. The van der Waals surface area contributed by atoms with Crippen LogP contribution >= 0.6 is 0 Å². The second kappa shape index (κ2) is 8.59. The summed E-state index contributed by atoms with van der Waals surface area (Å²) >= 11 is 0. The first kappa shape index (κ1) is 20.4. The first-order valence-electron chi connectivity index (χ1n) is 12.3. The number of nitrogens with zero attached hydrogens (tertiary/aromatic N) is 6. The summed E-state index contributed by atoms with van der Waals surface area (Å²) in [6, 6.07) is 0.188. The summed E-state index contributed by atoms with van der Waals surface area (Å²) in [7, 11) is 0. The molecule has 4 aliphatic rings. The Bertz CT molecular complexity index is 919. The molecule has 0 bridgehead atoms. The van der Waals surface area contributed by atoms with Crippen molar-refractivity contribution in [2.24, 2.45) is 17.8 Å². The van der Waals surface area contributed by atoms with Crippen molar-refractivity contribution in [2.45, 2.75) is 57.2 Å². The van der Waals surface area contributed by atoms with Gasteiger partial charge >= 0.3 is 0 Å². The van der Waals surface area contributed by atoms with Crippen molar-refractivity contribution in [3.8, 4) is 0 Å². The minimum Gasteiger partial charge on any atom is -0.376 e. The van der Waals surface area contributed by atoms with Gasteiger partial charge in [-0.05, 0) is 69.4 Å². The van der Waals surface area contributed by atoms with Crippen LogP contribution in [0.1, 0.15) is 60.9 Å². The fraction of sp³-hybridized carbons (Fsp3) is 0.739. The van der Waals surface area contributed by atoms with Gasteiger partial charge in [0.25, 0.3) is 5.91 Å². The second-order valence-electron chi connectivity index (χ2n) is 10.2. The molecular weight excluding hydrogens is 406 g/mol. The van der Waals surface area contributed by atoms with E-state index < -0.39 is 0 Å². The third-order valence-electron chi connectivity index (χ3n) is 7.80. The zero-order valence-corrected chi connectivity index (χ0v) is 18.6. The summed E-state index contributed by atoms with van der Waals surface area (Å²) in [5.74, 6) is 2.11. The van der Waals surface area contributed by atoms with Gasteiger partial charge in [0.1, 0.15) is 0 Å². The molecular formula is C23H33N7O2. The highest BCUT2D eigenvalue weighted by molar-refractivity contribution is 5.90. The number of hydrogen-bond donors (Lipinski definition) is 1. The molecule has 2 saturated carbocycles. The Morgan fingerprint density at radius 3 is 2.72 bits per heavy atom. The number of hydrogen-bond acceptors (Lipinski definition) is 6. The minimum absolute atomic E-state index is 0.00468. The Kier molecular flexibility index (Phi) is 5.46. The smallest absolute Gasteiger partial charge is 0.289 e. The average Bonchev–Trinajstić information content (AvgIpc) is 3.32. The number of carbonyl (C=O) groups is 1. The number of nitrogens with one attached hydrogen (secondary N) is 1. The molecule has 6 rings (SSSR count). The molecule has 4 atom stereocenters. The van der Waals surface area contributed by atoms with Gasteiger partial charge in [-0.3, -0.25) is 9.69 Å². The summed E-state index contributed by atoms with van der Waals surface area (Å²) in [5.41, 5.74) is 1.05. The van der Waals surface area contributed by atoms with Crippen molar-refractivity contribution in [1.82, 2.24) is 34.8 Å². The summed E-state index contributed by atoms with van der Waals surface area (Å²) in [6.07, 6.45) is 12.7. The van der Waals surface area contributed by atoms with Crippen LogP contribution in [0.15, 0.2) is 18.6 Å². The number of aromatic nitrogens is 5. The normalized spacial score (nSPS) is 30.7. The van der Waals surface area contributed by atoms with Crippen molar-refractivity contribution in [3.63, 3.8) is 0 Å². The maximum absolute atomic E-state index is 12.8. The standard InChI is InChI=1S/C23H33N7O2/c31-23(22-24-5-6-25-22)29-11-17-9-20(21(10-18(17)12-29)32-15-16-3-4-16)30-14-19(26-27-30)13-28-7-1-2-8-28/h5-6,14,16-18,20-21H,1-4,7-13,15H2,(H,24,25)/t17-,18+,20-,21-/m1/s1. The fourth-order valence-electron chi connectivity index (χ4n) is 5.81. The molecule has 1 N–H and O–H groups in total. The van der Waals surface area contributed by atoms with E-state index in [1.165, 1.54) is 25.7 Å². The number of rotatable bonds is 7. The molecule has 9 heteroatoms. The lowest BCUT2D eigenvalue weighted by molar-refractivity contribution is -0.0375. The molecule has 4 fully saturated rings. The Balaban J connectivity index is 1.16. The van der Waals surface area contributed by atoms with Crippen molar-refractivity contribution in [2.75, 3.05) is 32.8 Å². The van der Waals surface area contributed by atoms with E-state index in [0.717, 1.165) is 63.8 Å². The van der Waals surface area contributed by atoms with Crippen LogP contribution in [-0.2, 0) is 11.3 Å². The Morgan fingerprint density at radius 2 is 1.97 bits per heavy atom. The first-order chi connectivity index (χ1) is 15.7. The third kappa shape index (κ3) is 4.20. The van der Waals surface area contributed by atoms with Gasteiger partial charge in [-0.25, -0.2) is 9.67 Å². The molecule has 1 amide bonds. The number of amides is 1. The highest BCUT2D eigenvalue weighted by Gasteiger charge is 2.45. The summed E-state index contributed by atoms with van der Waals surface area (Å²) in [6.45, 7) is 5.63. The van der Waals surface area contributed by atoms with Gasteiger partial charge in [0, 0.05) is 38.6 Å². The van der Waals surface area contributed by atoms with Crippen molar-refractivity contribution in [1.29, 1.82) is 0 Å². The number of carbonyl (C=O) groups excluding carboxylic acids is 1. The number of imidazole rings is 1. The van der Waals surface area contributed by atoms with E-state index in [0.29, 0.717) is 17.7 Å².